The predicted molar refractivity (Wildman–Crippen MR) is 79.0 cm³/mol. The van der Waals surface area contributed by atoms with Gasteiger partial charge >= 0.3 is 0 Å². The fourth-order valence-corrected chi connectivity index (χ4v) is 2.12. The fourth-order valence-electron chi connectivity index (χ4n) is 2.12. The van der Waals surface area contributed by atoms with Crippen LogP contribution in [0.15, 0.2) is 48.5 Å². The zero-order chi connectivity index (χ0) is 13.0. The van der Waals surface area contributed by atoms with Crippen molar-refractivity contribution in [2.75, 3.05) is 24.2 Å². The zero-order valence-corrected chi connectivity index (χ0v) is 11.1. The first-order valence-electron chi connectivity index (χ1n) is 6.28. The van der Waals surface area contributed by atoms with Crippen molar-refractivity contribution >= 4 is 11.4 Å². The summed E-state index contributed by atoms with van der Waals surface area (Å²) < 4.78 is 0. The summed E-state index contributed by atoms with van der Waals surface area (Å²) in [6, 6.07) is 16.6. The lowest BCUT2D eigenvalue weighted by Crippen LogP contribution is -2.21. The van der Waals surface area contributed by atoms with Crippen molar-refractivity contribution in [2.24, 2.45) is 0 Å². The molecule has 0 bridgehead atoms. The van der Waals surface area contributed by atoms with Gasteiger partial charge in [-0.3, -0.25) is 0 Å². The molecule has 2 nitrogen and oxygen atoms in total. The van der Waals surface area contributed by atoms with Gasteiger partial charge in [0.25, 0.3) is 0 Å². The molecule has 0 saturated heterocycles. The Morgan fingerprint density at radius 3 is 2.44 bits per heavy atom. The van der Waals surface area contributed by atoms with Crippen LogP contribution in [0.3, 0.4) is 0 Å². The second-order valence-electron chi connectivity index (χ2n) is 4.65. The van der Waals surface area contributed by atoms with E-state index in [-0.39, 0.29) is 0 Å². The van der Waals surface area contributed by atoms with Crippen molar-refractivity contribution in [1.29, 1.82) is 0 Å². The number of rotatable bonds is 4. The lowest BCUT2D eigenvalue weighted by atomic mass is 10.1. The van der Waals surface area contributed by atoms with Crippen LogP contribution in [-0.4, -0.2) is 13.6 Å². The Morgan fingerprint density at radius 2 is 1.72 bits per heavy atom. The predicted octanol–water partition coefficient (Wildman–Crippen LogP) is 3.26. The number of nitrogens with zero attached hydrogens (tertiary/aromatic N) is 1. The molecule has 2 heteroatoms. The molecular formula is C16H20N2. The van der Waals surface area contributed by atoms with Crippen LogP contribution in [0.1, 0.15) is 11.1 Å². The first kappa shape index (κ1) is 12.5. The highest BCUT2D eigenvalue weighted by molar-refractivity contribution is 5.63. The van der Waals surface area contributed by atoms with Gasteiger partial charge < -0.3 is 10.6 Å². The summed E-state index contributed by atoms with van der Waals surface area (Å²) >= 11 is 0. The lowest BCUT2D eigenvalue weighted by Gasteiger charge is -2.22. The van der Waals surface area contributed by atoms with Gasteiger partial charge in [-0.1, -0.05) is 36.4 Å². The number of nitrogens with two attached hydrogens (primary N) is 1. The molecule has 2 rings (SSSR count). The van der Waals surface area contributed by atoms with Crippen LogP contribution in [0.4, 0.5) is 11.4 Å². The quantitative estimate of drug-likeness (QED) is 0.831. The maximum Gasteiger partial charge on any atom is 0.0414 e. The van der Waals surface area contributed by atoms with Crippen molar-refractivity contribution in [2.45, 2.75) is 13.3 Å². The third-order valence-electron chi connectivity index (χ3n) is 3.34. The number of likely N-dealkylation sites (N-methyl/N-ethyl adjacent to an activating group) is 1. The van der Waals surface area contributed by atoms with E-state index < -0.39 is 0 Å². The molecular weight excluding hydrogens is 220 g/mol. The molecule has 0 amide bonds. The minimum Gasteiger partial charge on any atom is -0.398 e. The molecule has 0 radical (unpaired) electrons. The van der Waals surface area contributed by atoms with E-state index in [1.165, 1.54) is 11.3 Å². The summed E-state index contributed by atoms with van der Waals surface area (Å²) in [5.41, 5.74) is 10.5. The van der Waals surface area contributed by atoms with Gasteiger partial charge in [0.2, 0.25) is 0 Å². The molecule has 0 aliphatic carbocycles. The van der Waals surface area contributed by atoms with Crippen molar-refractivity contribution in [3.8, 4) is 0 Å². The van der Waals surface area contributed by atoms with Gasteiger partial charge in [-0.05, 0) is 36.6 Å². The second kappa shape index (κ2) is 5.58. The maximum atomic E-state index is 5.94. The van der Waals surface area contributed by atoms with E-state index in [9.17, 15) is 0 Å². The molecule has 0 saturated carbocycles. The van der Waals surface area contributed by atoms with E-state index in [0.29, 0.717) is 0 Å². The Kier molecular flexibility index (Phi) is 3.88. The minimum absolute atomic E-state index is 0.860. The van der Waals surface area contributed by atoms with Crippen molar-refractivity contribution in [3.05, 3.63) is 59.7 Å². The summed E-state index contributed by atoms with van der Waals surface area (Å²) in [5.74, 6) is 0. The molecule has 0 aromatic heterocycles. The van der Waals surface area contributed by atoms with Gasteiger partial charge in [-0.25, -0.2) is 0 Å². The average Bonchev–Trinajstić information content (AvgIpc) is 2.40. The van der Waals surface area contributed by atoms with Crippen LogP contribution in [0.2, 0.25) is 0 Å². The minimum atomic E-state index is 0.860. The maximum absolute atomic E-state index is 5.94. The molecule has 0 aliphatic heterocycles. The Morgan fingerprint density at radius 1 is 1.00 bits per heavy atom. The van der Waals surface area contributed by atoms with Gasteiger partial charge in [-0.2, -0.15) is 0 Å². The smallest absolute Gasteiger partial charge is 0.0414 e. The van der Waals surface area contributed by atoms with Gasteiger partial charge in [-0.15, -0.1) is 0 Å². The van der Waals surface area contributed by atoms with E-state index in [1.807, 2.05) is 12.1 Å². The standard InChI is InChI=1S/C16H20N2/c1-13-15(17)9-6-10-16(13)18(2)12-11-14-7-4-3-5-8-14/h3-10H,11-12,17H2,1-2H3. The molecule has 0 spiro atoms. The van der Waals surface area contributed by atoms with Crippen LogP contribution in [0.25, 0.3) is 0 Å². The molecule has 0 aliphatic rings. The zero-order valence-electron chi connectivity index (χ0n) is 11.1. The molecule has 0 unspecified atom stereocenters. The molecule has 2 N–H and O–H groups in total. The number of nitrogen functional groups attached to an aromatic ring is 1. The first-order valence-corrected chi connectivity index (χ1v) is 6.28. The summed E-state index contributed by atoms with van der Waals surface area (Å²) in [6.07, 6.45) is 1.05. The Bertz CT molecular complexity index is 506. The Hall–Kier alpha value is -1.96. The monoisotopic (exact) mass is 240 g/mol. The van der Waals surface area contributed by atoms with Crippen LogP contribution < -0.4 is 10.6 Å². The number of hydrogen-bond donors (Lipinski definition) is 1. The van der Waals surface area contributed by atoms with Crippen molar-refractivity contribution < 1.29 is 0 Å². The highest BCUT2D eigenvalue weighted by atomic mass is 15.1. The summed E-state index contributed by atoms with van der Waals surface area (Å²) in [7, 11) is 2.12. The highest BCUT2D eigenvalue weighted by Crippen LogP contribution is 2.23. The molecule has 0 fully saturated rings. The summed E-state index contributed by atoms with van der Waals surface area (Å²) in [6.45, 7) is 3.07. The van der Waals surface area contributed by atoms with Crippen LogP contribution in [0, 0.1) is 6.92 Å². The fraction of sp³-hybridized carbons (Fsp3) is 0.250. The van der Waals surface area contributed by atoms with Gasteiger partial charge in [0.15, 0.2) is 0 Å². The van der Waals surface area contributed by atoms with Crippen molar-refractivity contribution in [3.63, 3.8) is 0 Å². The molecule has 2 aromatic rings. The molecule has 2 aromatic carbocycles. The average molecular weight is 240 g/mol. The third-order valence-corrected chi connectivity index (χ3v) is 3.34. The van der Waals surface area contributed by atoms with Gasteiger partial charge in [0.05, 0.1) is 0 Å². The molecule has 18 heavy (non-hydrogen) atoms. The molecule has 94 valence electrons. The largest absolute Gasteiger partial charge is 0.398 e. The van der Waals surface area contributed by atoms with E-state index in [1.54, 1.807) is 0 Å². The molecule has 0 heterocycles. The molecule has 0 atom stereocenters. The van der Waals surface area contributed by atoms with E-state index in [0.717, 1.165) is 24.2 Å². The number of anilines is 2. The topological polar surface area (TPSA) is 29.3 Å². The van der Waals surface area contributed by atoms with E-state index in [4.69, 9.17) is 5.73 Å². The van der Waals surface area contributed by atoms with Gasteiger partial charge in [0.1, 0.15) is 0 Å². The van der Waals surface area contributed by atoms with E-state index in [2.05, 4.69) is 55.3 Å². The summed E-state index contributed by atoms with van der Waals surface area (Å²) in [4.78, 5) is 2.26. The van der Waals surface area contributed by atoms with Crippen molar-refractivity contribution in [1.82, 2.24) is 0 Å². The van der Waals surface area contributed by atoms with Crippen LogP contribution in [0.5, 0.6) is 0 Å². The second-order valence-corrected chi connectivity index (χ2v) is 4.65. The van der Waals surface area contributed by atoms with Crippen LogP contribution in [-0.2, 0) is 6.42 Å². The third kappa shape index (κ3) is 2.83. The SMILES string of the molecule is Cc1c(N)cccc1N(C)CCc1ccccc1. The highest BCUT2D eigenvalue weighted by Gasteiger charge is 2.06. The van der Waals surface area contributed by atoms with Gasteiger partial charge in [0, 0.05) is 25.0 Å². The Labute approximate surface area is 109 Å². The lowest BCUT2D eigenvalue weighted by molar-refractivity contribution is 0.873. The van der Waals surface area contributed by atoms with Crippen LogP contribution >= 0.6 is 0 Å². The summed E-state index contributed by atoms with van der Waals surface area (Å²) in [5, 5.41) is 0. The first-order chi connectivity index (χ1) is 8.68. The number of hydrogen-bond acceptors (Lipinski definition) is 2. The number of benzene rings is 2. The Balaban J connectivity index is 2.04. The normalized spacial score (nSPS) is 10.3. The van der Waals surface area contributed by atoms with E-state index >= 15 is 0 Å².